The molecule has 5 nitrogen and oxygen atoms in total. The molecule has 3 rings (SSSR count). The molecule has 1 heterocycles. The molecule has 0 atom stereocenters. The Labute approximate surface area is 159 Å². The van der Waals surface area contributed by atoms with Gasteiger partial charge in [0.05, 0.1) is 0 Å². The molecule has 0 amide bonds. The Bertz CT molecular complexity index is 1040. The fraction of sp³-hybridized carbons (Fsp3) is 0.105. The lowest BCUT2D eigenvalue weighted by molar-refractivity contribution is 0.307. The van der Waals surface area contributed by atoms with Gasteiger partial charge in [-0.15, -0.1) is 0 Å². The van der Waals surface area contributed by atoms with Crippen LogP contribution in [0.2, 0.25) is 5.02 Å². The molecule has 2 aromatic carbocycles. The number of nitriles is 1. The number of H-pyrrole nitrogens is 1. The molecule has 1 aromatic heterocycles. The van der Waals surface area contributed by atoms with Crippen LogP contribution in [0.3, 0.4) is 0 Å². The number of hydrogen-bond acceptors (Lipinski definition) is 5. The largest absolute Gasteiger partial charge is 0.488 e. The van der Waals surface area contributed by atoms with Crippen molar-refractivity contribution in [3.05, 3.63) is 75.0 Å². The molecule has 1 N–H and O–H groups in total. The van der Waals surface area contributed by atoms with Crippen LogP contribution in [0.5, 0.6) is 5.75 Å². The van der Waals surface area contributed by atoms with Crippen LogP contribution in [0.1, 0.15) is 11.1 Å². The first-order valence-corrected chi connectivity index (χ1v) is 9.28. The number of hydrogen-bond donors (Lipinski definition) is 1. The summed E-state index contributed by atoms with van der Waals surface area (Å²) in [7, 11) is 0. The predicted octanol–water partition coefficient (Wildman–Crippen LogP) is 4.26. The van der Waals surface area contributed by atoms with Crippen molar-refractivity contribution >= 4 is 23.4 Å². The van der Waals surface area contributed by atoms with Gasteiger partial charge in [-0.1, -0.05) is 53.7 Å². The topological polar surface area (TPSA) is 78.8 Å². The zero-order valence-corrected chi connectivity index (χ0v) is 15.4. The molecular weight excluding hydrogens is 370 g/mol. The molecule has 0 unspecified atom stereocenters. The van der Waals surface area contributed by atoms with Crippen LogP contribution in [0.4, 0.5) is 0 Å². The fourth-order valence-electron chi connectivity index (χ4n) is 2.41. The summed E-state index contributed by atoms with van der Waals surface area (Å²) in [6.07, 6.45) is 1.80. The highest BCUT2D eigenvalue weighted by Gasteiger charge is 2.17. The summed E-state index contributed by atoms with van der Waals surface area (Å²) in [4.78, 5) is 19.2. The Morgan fingerprint density at radius 3 is 2.69 bits per heavy atom. The predicted molar refractivity (Wildman–Crippen MR) is 103 cm³/mol. The van der Waals surface area contributed by atoms with Crippen LogP contribution in [-0.2, 0) is 6.61 Å². The van der Waals surface area contributed by atoms with Gasteiger partial charge in [0.15, 0.2) is 5.16 Å². The van der Waals surface area contributed by atoms with Crippen molar-refractivity contribution in [1.82, 2.24) is 9.97 Å². The second-order valence-electron chi connectivity index (χ2n) is 5.29. The quantitative estimate of drug-likeness (QED) is 0.526. The molecule has 26 heavy (non-hydrogen) atoms. The van der Waals surface area contributed by atoms with Crippen LogP contribution >= 0.6 is 23.4 Å². The number of aromatic amines is 1. The maximum absolute atomic E-state index is 12.2. The van der Waals surface area contributed by atoms with Crippen LogP contribution in [-0.4, -0.2) is 16.2 Å². The SMILES string of the molecule is CSc1nc(-c2ccccc2OCc2ccccc2Cl)c(C#N)c(=O)[nH]1. The van der Waals surface area contributed by atoms with E-state index in [4.69, 9.17) is 16.3 Å². The minimum atomic E-state index is -0.470. The molecule has 0 saturated carbocycles. The number of para-hydroxylation sites is 1. The first-order valence-electron chi connectivity index (χ1n) is 7.68. The highest BCUT2D eigenvalue weighted by atomic mass is 35.5. The number of benzene rings is 2. The number of ether oxygens (including phenoxy) is 1. The zero-order valence-electron chi connectivity index (χ0n) is 13.8. The summed E-state index contributed by atoms with van der Waals surface area (Å²) >= 11 is 7.47. The summed E-state index contributed by atoms with van der Waals surface area (Å²) in [5, 5.41) is 10.4. The Morgan fingerprint density at radius 2 is 1.96 bits per heavy atom. The van der Waals surface area contributed by atoms with Gasteiger partial charge in [-0.05, 0) is 24.5 Å². The molecule has 0 aliphatic rings. The maximum Gasteiger partial charge on any atom is 0.270 e. The fourth-order valence-corrected chi connectivity index (χ4v) is 2.97. The average molecular weight is 384 g/mol. The van der Waals surface area contributed by atoms with E-state index in [0.29, 0.717) is 27.2 Å². The van der Waals surface area contributed by atoms with E-state index in [1.807, 2.05) is 30.3 Å². The summed E-state index contributed by atoms with van der Waals surface area (Å²) < 4.78 is 5.92. The van der Waals surface area contributed by atoms with E-state index in [9.17, 15) is 10.1 Å². The van der Waals surface area contributed by atoms with Gasteiger partial charge in [0.2, 0.25) is 0 Å². The van der Waals surface area contributed by atoms with E-state index in [2.05, 4.69) is 9.97 Å². The number of thioether (sulfide) groups is 1. The highest BCUT2D eigenvalue weighted by molar-refractivity contribution is 7.98. The molecule has 0 spiro atoms. The third-order valence-corrected chi connectivity index (χ3v) is 4.63. The van der Waals surface area contributed by atoms with Gasteiger partial charge in [0.1, 0.15) is 29.7 Å². The van der Waals surface area contributed by atoms with Gasteiger partial charge in [-0.25, -0.2) is 4.98 Å². The molecule has 3 aromatic rings. The molecule has 0 radical (unpaired) electrons. The molecule has 130 valence electrons. The molecule has 7 heteroatoms. The normalized spacial score (nSPS) is 10.3. The lowest BCUT2D eigenvalue weighted by Gasteiger charge is -2.13. The van der Waals surface area contributed by atoms with Crippen molar-refractivity contribution < 1.29 is 4.74 Å². The van der Waals surface area contributed by atoms with Gasteiger partial charge in [-0.2, -0.15) is 5.26 Å². The zero-order chi connectivity index (χ0) is 18.5. The summed E-state index contributed by atoms with van der Waals surface area (Å²) in [5.41, 5.74) is 1.21. The highest BCUT2D eigenvalue weighted by Crippen LogP contribution is 2.31. The molecule has 0 bridgehead atoms. The van der Waals surface area contributed by atoms with Crippen molar-refractivity contribution in [2.24, 2.45) is 0 Å². The maximum atomic E-state index is 12.2. The molecular formula is C19H14ClN3O2S. The number of halogens is 1. The summed E-state index contributed by atoms with van der Waals surface area (Å²) in [5.74, 6) is 0.522. The minimum Gasteiger partial charge on any atom is -0.488 e. The Hall–Kier alpha value is -2.75. The number of nitrogens with one attached hydrogen (secondary N) is 1. The van der Waals surface area contributed by atoms with Gasteiger partial charge >= 0.3 is 0 Å². The standard InChI is InChI=1S/C19H14ClN3O2S/c1-26-19-22-17(14(10-21)18(24)23-19)13-7-3-5-9-16(13)25-11-12-6-2-4-8-15(12)20/h2-9H,11H2,1H3,(H,22,23,24). The van der Waals surface area contributed by atoms with Crippen LogP contribution in [0.25, 0.3) is 11.3 Å². The first-order chi connectivity index (χ1) is 12.6. The Kier molecular flexibility index (Phi) is 5.61. The third-order valence-electron chi connectivity index (χ3n) is 3.69. The monoisotopic (exact) mass is 383 g/mol. The van der Waals surface area contributed by atoms with E-state index < -0.39 is 5.56 Å². The van der Waals surface area contributed by atoms with Gasteiger partial charge < -0.3 is 9.72 Å². The van der Waals surface area contributed by atoms with Crippen LogP contribution in [0.15, 0.2) is 58.5 Å². The minimum absolute atomic E-state index is 0.0448. The van der Waals surface area contributed by atoms with Crippen molar-refractivity contribution in [3.63, 3.8) is 0 Å². The second-order valence-corrected chi connectivity index (χ2v) is 6.49. The second kappa shape index (κ2) is 8.09. The van der Waals surface area contributed by atoms with Gasteiger partial charge in [-0.3, -0.25) is 4.79 Å². The van der Waals surface area contributed by atoms with E-state index in [1.165, 1.54) is 11.8 Å². The molecule has 0 saturated heterocycles. The van der Waals surface area contributed by atoms with Crippen molar-refractivity contribution in [2.45, 2.75) is 11.8 Å². The molecule has 0 aliphatic heterocycles. The van der Waals surface area contributed by atoms with Gasteiger partial charge in [0, 0.05) is 16.1 Å². The third kappa shape index (κ3) is 3.74. The molecule has 0 fully saturated rings. The Balaban J connectivity index is 2.03. The number of rotatable bonds is 5. The van der Waals surface area contributed by atoms with Crippen LogP contribution < -0.4 is 10.3 Å². The summed E-state index contributed by atoms with van der Waals surface area (Å²) in [6, 6.07) is 16.5. The van der Waals surface area contributed by atoms with Crippen LogP contribution in [0, 0.1) is 11.3 Å². The van der Waals surface area contributed by atoms with E-state index in [0.717, 1.165) is 5.56 Å². The average Bonchev–Trinajstić information content (AvgIpc) is 2.67. The van der Waals surface area contributed by atoms with E-state index >= 15 is 0 Å². The lowest BCUT2D eigenvalue weighted by Crippen LogP contribution is -2.15. The lowest BCUT2D eigenvalue weighted by atomic mass is 10.1. The van der Waals surface area contributed by atoms with Crippen molar-refractivity contribution in [1.29, 1.82) is 5.26 Å². The van der Waals surface area contributed by atoms with Gasteiger partial charge in [0.25, 0.3) is 5.56 Å². The van der Waals surface area contributed by atoms with E-state index in [1.54, 1.807) is 30.5 Å². The molecule has 0 aliphatic carbocycles. The van der Waals surface area contributed by atoms with Crippen molar-refractivity contribution in [3.8, 4) is 23.1 Å². The first kappa shape index (κ1) is 18.1. The Morgan fingerprint density at radius 1 is 1.23 bits per heavy atom. The smallest absolute Gasteiger partial charge is 0.270 e. The number of aromatic nitrogens is 2. The van der Waals surface area contributed by atoms with E-state index in [-0.39, 0.29) is 12.2 Å². The summed E-state index contributed by atoms with van der Waals surface area (Å²) in [6.45, 7) is 0.261. The number of nitrogens with zero attached hydrogens (tertiary/aromatic N) is 2. The van der Waals surface area contributed by atoms with Crippen molar-refractivity contribution in [2.75, 3.05) is 6.26 Å².